The molecule has 0 fully saturated rings. The zero-order chi connectivity index (χ0) is 13.6. The van der Waals surface area contributed by atoms with Crippen LogP contribution in [0.4, 0.5) is 0 Å². The molecule has 0 aliphatic heterocycles. The van der Waals surface area contributed by atoms with Crippen molar-refractivity contribution in [3.05, 3.63) is 0 Å². The van der Waals surface area contributed by atoms with Crippen molar-refractivity contribution in [1.29, 1.82) is 0 Å². The molecule has 2 unspecified atom stereocenters. The second kappa shape index (κ2) is 7.27. The Hall–Kier alpha value is -0.210. The van der Waals surface area contributed by atoms with Gasteiger partial charge in [-0.2, -0.15) is 8.42 Å². The highest BCUT2D eigenvalue weighted by atomic mass is 32.2. The first kappa shape index (κ1) is 16.8. The summed E-state index contributed by atoms with van der Waals surface area (Å²) in [6, 6.07) is -0.195. The molecule has 17 heavy (non-hydrogen) atoms. The van der Waals surface area contributed by atoms with Gasteiger partial charge in [-0.15, -0.1) is 0 Å². The first-order valence-corrected chi connectivity index (χ1v) is 7.25. The van der Waals surface area contributed by atoms with Gasteiger partial charge in [-0.3, -0.25) is 9.45 Å². The van der Waals surface area contributed by atoms with Crippen LogP contribution >= 0.6 is 0 Å². The fourth-order valence-electron chi connectivity index (χ4n) is 1.84. The highest BCUT2D eigenvalue weighted by Crippen LogP contribution is 2.18. The van der Waals surface area contributed by atoms with Gasteiger partial charge >= 0.3 is 10.1 Å². The topological polar surface area (TPSA) is 98.1 Å². The Morgan fingerprint density at radius 3 is 2.12 bits per heavy atom. The van der Waals surface area contributed by atoms with Gasteiger partial charge in [0.25, 0.3) is 0 Å². The van der Waals surface area contributed by atoms with Crippen molar-refractivity contribution in [3.8, 4) is 0 Å². The molecule has 0 saturated heterocycles. The summed E-state index contributed by atoms with van der Waals surface area (Å²) in [4.78, 5) is 1.22. The average Bonchev–Trinajstić information content (AvgIpc) is 2.20. The summed E-state index contributed by atoms with van der Waals surface area (Å²) in [6.45, 7) is 5.57. The number of nitrogens with zero attached hydrogens (tertiary/aromatic N) is 1. The summed E-state index contributed by atoms with van der Waals surface area (Å²) in [6.07, 6.45) is 1.31. The molecule has 0 rings (SSSR count). The molecular weight excluding hydrogens is 246 g/mol. The minimum Gasteiger partial charge on any atom is -0.395 e. The van der Waals surface area contributed by atoms with Gasteiger partial charge in [0.15, 0.2) is 0 Å². The fraction of sp³-hybridized carbons (Fsp3) is 1.00. The molecule has 0 aromatic carbocycles. The molecule has 6 nitrogen and oxygen atoms in total. The largest absolute Gasteiger partial charge is 0.395 e. The van der Waals surface area contributed by atoms with Crippen LogP contribution in [0.15, 0.2) is 0 Å². The van der Waals surface area contributed by atoms with Gasteiger partial charge in [0, 0.05) is 12.6 Å². The second-order valence-corrected chi connectivity index (χ2v) is 5.95. The van der Waals surface area contributed by atoms with E-state index in [4.69, 9.17) is 9.66 Å². The van der Waals surface area contributed by atoms with Crippen molar-refractivity contribution in [1.82, 2.24) is 4.90 Å². The number of rotatable bonds is 8. The Bertz CT molecular complexity index is 304. The lowest BCUT2D eigenvalue weighted by molar-refractivity contribution is 0.00703. The lowest BCUT2D eigenvalue weighted by Crippen LogP contribution is -2.48. The fourth-order valence-corrected chi connectivity index (χ4v) is 2.46. The third-order valence-electron chi connectivity index (χ3n) is 2.59. The Morgan fingerprint density at radius 2 is 1.82 bits per heavy atom. The minimum absolute atomic E-state index is 0.00613. The van der Waals surface area contributed by atoms with Crippen molar-refractivity contribution in [3.63, 3.8) is 0 Å². The van der Waals surface area contributed by atoms with Crippen molar-refractivity contribution in [2.45, 2.75) is 45.2 Å². The summed E-state index contributed by atoms with van der Waals surface area (Å²) >= 11 is 0. The van der Waals surface area contributed by atoms with Crippen molar-refractivity contribution >= 4 is 10.1 Å². The molecule has 0 spiro atoms. The van der Waals surface area contributed by atoms with Crippen LogP contribution in [0.3, 0.4) is 0 Å². The van der Waals surface area contributed by atoms with E-state index >= 15 is 0 Å². The standard InChI is InChI=1S/C10H23NO5S/c1-4-9(7-8(2)3)11(5-6-12)10(13)17(14,15)16/h8-10,12-13H,4-7H2,1-3H3,(H,14,15,16). The van der Waals surface area contributed by atoms with Crippen molar-refractivity contribution < 1.29 is 23.2 Å². The zero-order valence-corrected chi connectivity index (χ0v) is 11.4. The maximum Gasteiger partial charge on any atom is 0.306 e. The lowest BCUT2D eigenvalue weighted by atomic mass is 10.0. The second-order valence-electron chi connectivity index (χ2n) is 4.49. The molecule has 7 heteroatoms. The molecular formula is C10H23NO5S. The summed E-state index contributed by atoms with van der Waals surface area (Å²) in [5.41, 5.74) is -1.97. The van der Waals surface area contributed by atoms with E-state index in [2.05, 4.69) is 0 Å². The van der Waals surface area contributed by atoms with Crippen LogP contribution in [0.25, 0.3) is 0 Å². The number of hydrogen-bond donors (Lipinski definition) is 3. The maximum absolute atomic E-state index is 10.9. The van der Waals surface area contributed by atoms with Crippen molar-refractivity contribution in [2.75, 3.05) is 13.2 Å². The monoisotopic (exact) mass is 269 g/mol. The summed E-state index contributed by atoms with van der Waals surface area (Å²) in [7, 11) is -4.54. The Kier molecular flexibility index (Phi) is 7.18. The van der Waals surface area contributed by atoms with Crippen LogP contribution in [0, 0.1) is 5.92 Å². The average molecular weight is 269 g/mol. The van der Waals surface area contributed by atoms with E-state index in [0.29, 0.717) is 18.8 Å². The summed E-state index contributed by atoms with van der Waals surface area (Å²) < 4.78 is 30.7. The van der Waals surface area contributed by atoms with Crippen LogP contribution in [0.1, 0.15) is 33.6 Å². The van der Waals surface area contributed by atoms with Crippen LogP contribution in [-0.2, 0) is 10.1 Å². The van der Waals surface area contributed by atoms with E-state index in [1.165, 1.54) is 4.90 Å². The van der Waals surface area contributed by atoms with Crippen LogP contribution in [0.2, 0.25) is 0 Å². The van der Waals surface area contributed by atoms with E-state index in [-0.39, 0.29) is 19.2 Å². The van der Waals surface area contributed by atoms with Gasteiger partial charge in [-0.05, 0) is 18.8 Å². The molecule has 0 heterocycles. The van der Waals surface area contributed by atoms with Gasteiger partial charge in [0.1, 0.15) is 0 Å². The van der Waals surface area contributed by atoms with Crippen LogP contribution in [-0.4, -0.2) is 52.8 Å². The number of aliphatic hydroxyl groups is 2. The molecule has 0 aliphatic rings. The minimum atomic E-state index is -4.54. The molecule has 0 bridgehead atoms. The number of hydrogen-bond acceptors (Lipinski definition) is 5. The highest BCUT2D eigenvalue weighted by Gasteiger charge is 2.32. The first-order valence-electron chi connectivity index (χ1n) is 5.75. The molecule has 0 amide bonds. The number of aliphatic hydroxyl groups excluding tert-OH is 2. The van der Waals surface area contributed by atoms with Crippen molar-refractivity contribution in [2.24, 2.45) is 5.92 Å². The van der Waals surface area contributed by atoms with E-state index in [9.17, 15) is 13.5 Å². The van der Waals surface area contributed by atoms with Crippen LogP contribution in [0.5, 0.6) is 0 Å². The highest BCUT2D eigenvalue weighted by molar-refractivity contribution is 7.86. The maximum atomic E-state index is 10.9. The lowest BCUT2D eigenvalue weighted by Gasteiger charge is -2.33. The van der Waals surface area contributed by atoms with Crippen LogP contribution < -0.4 is 0 Å². The summed E-state index contributed by atoms with van der Waals surface area (Å²) in [5.74, 6) is 0.328. The molecule has 3 N–H and O–H groups in total. The third-order valence-corrected chi connectivity index (χ3v) is 3.40. The molecule has 104 valence electrons. The normalized spacial score (nSPS) is 16.5. The Balaban J connectivity index is 4.91. The zero-order valence-electron chi connectivity index (χ0n) is 10.6. The predicted molar refractivity (Wildman–Crippen MR) is 64.9 cm³/mol. The van der Waals surface area contributed by atoms with E-state index in [1.54, 1.807) is 0 Å². The van der Waals surface area contributed by atoms with Gasteiger partial charge < -0.3 is 10.2 Å². The third kappa shape index (κ3) is 5.78. The Labute approximate surface area is 103 Å². The van der Waals surface area contributed by atoms with E-state index in [1.807, 2.05) is 20.8 Å². The molecule has 0 aliphatic carbocycles. The summed E-state index contributed by atoms with van der Waals surface area (Å²) in [5, 5.41) is 18.5. The Morgan fingerprint density at radius 1 is 1.29 bits per heavy atom. The van der Waals surface area contributed by atoms with E-state index in [0.717, 1.165) is 0 Å². The molecule has 0 radical (unpaired) electrons. The molecule has 0 aromatic rings. The van der Waals surface area contributed by atoms with Gasteiger partial charge in [0.2, 0.25) is 5.56 Å². The smallest absolute Gasteiger partial charge is 0.306 e. The van der Waals surface area contributed by atoms with Gasteiger partial charge in [-0.1, -0.05) is 20.8 Å². The SMILES string of the molecule is CCC(CC(C)C)N(CCO)C(O)S(=O)(=O)O. The van der Waals surface area contributed by atoms with Gasteiger partial charge in [0.05, 0.1) is 6.61 Å². The molecule has 2 atom stereocenters. The first-order chi connectivity index (χ1) is 7.73. The molecule has 0 saturated carbocycles. The van der Waals surface area contributed by atoms with Gasteiger partial charge in [-0.25, -0.2) is 0 Å². The van der Waals surface area contributed by atoms with E-state index < -0.39 is 15.7 Å². The quantitative estimate of drug-likeness (QED) is 0.432. The molecule has 0 aromatic heterocycles. The predicted octanol–water partition coefficient (Wildman–Crippen LogP) is 0.269.